The topological polar surface area (TPSA) is 9.23 Å². The first kappa shape index (κ1) is 16.3. The normalized spacial score (nSPS) is 16.5. The Morgan fingerprint density at radius 2 is 1.90 bits per heavy atom. The molecule has 114 valence electrons. The lowest BCUT2D eigenvalue weighted by molar-refractivity contribution is -0.0147. The lowest BCUT2D eigenvalue weighted by Gasteiger charge is -2.22. The van der Waals surface area contributed by atoms with Crippen molar-refractivity contribution in [3.05, 3.63) is 34.9 Å². The Morgan fingerprint density at radius 1 is 1.24 bits per heavy atom. The molecule has 0 N–H and O–H groups in total. The maximum absolute atomic E-state index is 6.20. The van der Waals surface area contributed by atoms with Gasteiger partial charge in [-0.1, -0.05) is 38.6 Å². The molecule has 1 aliphatic rings. The summed E-state index contributed by atoms with van der Waals surface area (Å²) in [6.07, 6.45) is 3.63. The van der Waals surface area contributed by atoms with Gasteiger partial charge >= 0.3 is 0 Å². The van der Waals surface area contributed by atoms with Crippen LogP contribution in [-0.2, 0) is 16.8 Å². The molecule has 0 bridgehead atoms. The van der Waals surface area contributed by atoms with Crippen LogP contribution in [0.5, 0.6) is 0 Å². The fourth-order valence-corrected chi connectivity index (χ4v) is 3.20. The average molecular weight is 301 g/mol. The van der Waals surface area contributed by atoms with E-state index in [1.807, 2.05) is 0 Å². The SMILES string of the molecule is CCc1cc(C#C[Si](C)(C)C)ccc1C1(OC(C)C)CC1. The molecule has 0 amide bonds. The van der Waals surface area contributed by atoms with E-state index in [1.165, 1.54) is 11.1 Å². The molecule has 0 atom stereocenters. The van der Waals surface area contributed by atoms with Gasteiger partial charge in [0.1, 0.15) is 8.07 Å². The van der Waals surface area contributed by atoms with Gasteiger partial charge in [-0.25, -0.2) is 0 Å². The Bertz CT molecular complexity index is 565. The Labute approximate surface area is 131 Å². The van der Waals surface area contributed by atoms with Crippen molar-refractivity contribution in [2.24, 2.45) is 0 Å². The third-order valence-corrected chi connectivity index (χ3v) is 4.60. The first-order valence-electron chi connectivity index (χ1n) is 8.10. The van der Waals surface area contributed by atoms with Crippen molar-refractivity contribution in [2.75, 3.05) is 0 Å². The lowest BCUT2D eigenvalue weighted by atomic mass is 9.96. The quantitative estimate of drug-likeness (QED) is 0.568. The molecule has 0 aliphatic heterocycles. The lowest BCUT2D eigenvalue weighted by Crippen LogP contribution is -2.19. The molecule has 0 radical (unpaired) electrons. The van der Waals surface area contributed by atoms with Crippen molar-refractivity contribution in [1.29, 1.82) is 0 Å². The molecule has 21 heavy (non-hydrogen) atoms. The Kier molecular flexibility index (Phi) is 4.65. The summed E-state index contributed by atoms with van der Waals surface area (Å²) < 4.78 is 6.20. The first-order valence-corrected chi connectivity index (χ1v) is 11.6. The molecule has 0 spiro atoms. The monoisotopic (exact) mass is 300 g/mol. The summed E-state index contributed by atoms with van der Waals surface area (Å²) in [4.78, 5) is 0. The van der Waals surface area contributed by atoms with Gasteiger partial charge in [0.15, 0.2) is 0 Å². The van der Waals surface area contributed by atoms with E-state index in [-0.39, 0.29) is 11.7 Å². The largest absolute Gasteiger partial charge is 0.368 e. The van der Waals surface area contributed by atoms with Gasteiger partial charge < -0.3 is 4.74 Å². The highest BCUT2D eigenvalue weighted by molar-refractivity contribution is 6.83. The van der Waals surface area contributed by atoms with Crippen molar-refractivity contribution in [2.45, 2.75) is 71.4 Å². The van der Waals surface area contributed by atoms with Crippen molar-refractivity contribution < 1.29 is 4.74 Å². The fourth-order valence-electron chi connectivity index (χ4n) is 2.68. The molecule has 1 aromatic carbocycles. The number of benzene rings is 1. The van der Waals surface area contributed by atoms with Crippen LogP contribution in [0.2, 0.25) is 19.6 Å². The Balaban J connectivity index is 2.31. The second-order valence-electron chi connectivity index (χ2n) is 7.39. The molecule has 0 saturated heterocycles. The van der Waals surface area contributed by atoms with Crippen LogP contribution in [-0.4, -0.2) is 14.2 Å². The molecule has 1 aliphatic carbocycles. The van der Waals surface area contributed by atoms with E-state index in [1.54, 1.807) is 0 Å². The highest BCUT2D eigenvalue weighted by atomic mass is 28.3. The molecule has 2 rings (SSSR count). The Hall–Kier alpha value is -1.04. The van der Waals surface area contributed by atoms with Gasteiger partial charge in [-0.15, -0.1) is 5.54 Å². The molecule has 0 heterocycles. The zero-order chi connectivity index (χ0) is 15.7. The van der Waals surface area contributed by atoms with Crippen LogP contribution >= 0.6 is 0 Å². The standard InChI is InChI=1S/C19H28OSi/c1-7-17-14-16(10-13-21(4,5)6)8-9-18(17)19(11-12-19)20-15(2)3/h8-9,14-15H,7,11-12H2,1-6H3. The molecular weight excluding hydrogens is 272 g/mol. The van der Waals surface area contributed by atoms with Gasteiger partial charge in [0, 0.05) is 5.56 Å². The summed E-state index contributed by atoms with van der Waals surface area (Å²) in [6.45, 7) is 13.3. The van der Waals surface area contributed by atoms with Crippen molar-refractivity contribution >= 4 is 8.07 Å². The number of aryl methyl sites for hydroxylation is 1. The molecule has 0 aromatic heterocycles. The second kappa shape index (κ2) is 5.99. The van der Waals surface area contributed by atoms with Gasteiger partial charge in [0.25, 0.3) is 0 Å². The van der Waals surface area contributed by atoms with Crippen LogP contribution < -0.4 is 0 Å². The molecule has 1 nitrogen and oxygen atoms in total. The minimum absolute atomic E-state index is 0.00968. The molecular formula is C19H28OSi. The van der Waals surface area contributed by atoms with Crippen molar-refractivity contribution in [3.8, 4) is 11.5 Å². The van der Waals surface area contributed by atoms with Crippen LogP contribution in [0.25, 0.3) is 0 Å². The summed E-state index contributed by atoms with van der Waals surface area (Å²) in [5.41, 5.74) is 7.38. The van der Waals surface area contributed by atoms with Crippen LogP contribution in [0.4, 0.5) is 0 Å². The van der Waals surface area contributed by atoms with E-state index < -0.39 is 8.07 Å². The third-order valence-electron chi connectivity index (χ3n) is 3.72. The van der Waals surface area contributed by atoms with Gasteiger partial charge in [-0.2, -0.15) is 0 Å². The van der Waals surface area contributed by atoms with E-state index >= 15 is 0 Å². The highest BCUT2D eigenvalue weighted by Crippen LogP contribution is 2.51. The Morgan fingerprint density at radius 3 is 2.38 bits per heavy atom. The predicted octanol–water partition coefficient (Wildman–Crippen LogP) is 4.89. The molecule has 1 fully saturated rings. The van der Waals surface area contributed by atoms with E-state index in [2.05, 4.69) is 70.1 Å². The second-order valence-corrected chi connectivity index (χ2v) is 12.1. The number of hydrogen-bond acceptors (Lipinski definition) is 1. The zero-order valence-electron chi connectivity index (χ0n) is 14.3. The maximum Gasteiger partial charge on any atom is 0.129 e. The summed E-state index contributed by atoms with van der Waals surface area (Å²) in [5, 5.41) is 0. The number of rotatable bonds is 4. The van der Waals surface area contributed by atoms with Crippen LogP contribution in [0, 0.1) is 11.5 Å². The van der Waals surface area contributed by atoms with Crippen LogP contribution in [0.1, 0.15) is 50.3 Å². The van der Waals surface area contributed by atoms with Gasteiger partial charge in [-0.05, 0) is 56.4 Å². The van der Waals surface area contributed by atoms with E-state index in [0.717, 1.165) is 24.8 Å². The first-order chi connectivity index (χ1) is 9.76. The van der Waals surface area contributed by atoms with Crippen LogP contribution in [0.15, 0.2) is 18.2 Å². The maximum atomic E-state index is 6.20. The zero-order valence-corrected chi connectivity index (χ0v) is 15.3. The van der Waals surface area contributed by atoms with Crippen molar-refractivity contribution in [1.82, 2.24) is 0 Å². The van der Waals surface area contributed by atoms with E-state index in [9.17, 15) is 0 Å². The number of hydrogen-bond donors (Lipinski definition) is 0. The van der Waals surface area contributed by atoms with Gasteiger partial charge in [0.2, 0.25) is 0 Å². The number of ether oxygens (including phenoxy) is 1. The smallest absolute Gasteiger partial charge is 0.129 e. The third kappa shape index (κ3) is 4.22. The molecule has 2 heteroatoms. The fraction of sp³-hybridized carbons (Fsp3) is 0.579. The minimum Gasteiger partial charge on any atom is -0.368 e. The minimum atomic E-state index is -1.31. The highest BCUT2D eigenvalue weighted by Gasteiger charge is 2.47. The van der Waals surface area contributed by atoms with Gasteiger partial charge in [-0.3, -0.25) is 0 Å². The molecule has 1 aromatic rings. The molecule has 1 saturated carbocycles. The average Bonchev–Trinajstić information content (AvgIpc) is 3.15. The van der Waals surface area contributed by atoms with E-state index in [0.29, 0.717) is 0 Å². The summed E-state index contributed by atoms with van der Waals surface area (Å²) in [7, 11) is -1.31. The molecule has 0 unspecified atom stereocenters. The summed E-state index contributed by atoms with van der Waals surface area (Å²) in [6, 6.07) is 6.69. The summed E-state index contributed by atoms with van der Waals surface area (Å²) in [5.74, 6) is 3.37. The van der Waals surface area contributed by atoms with Crippen molar-refractivity contribution in [3.63, 3.8) is 0 Å². The summed E-state index contributed by atoms with van der Waals surface area (Å²) >= 11 is 0. The van der Waals surface area contributed by atoms with Crippen LogP contribution in [0.3, 0.4) is 0 Å². The van der Waals surface area contributed by atoms with Gasteiger partial charge in [0.05, 0.1) is 11.7 Å². The predicted molar refractivity (Wildman–Crippen MR) is 93.2 cm³/mol. The van der Waals surface area contributed by atoms with E-state index in [4.69, 9.17) is 4.74 Å².